The fourth-order valence-electron chi connectivity index (χ4n) is 3.47. The highest BCUT2D eigenvalue weighted by Gasteiger charge is 2.36. The zero-order valence-electron chi connectivity index (χ0n) is 10.7. The van der Waals surface area contributed by atoms with Crippen molar-refractivity contribution in [2.75, 3.05) is 18.0 Å². The van der Waals surface area contributed by atoms with Crippen LogP contribution in [-0.4, -0.2) is 24.1 Å². The predicted octanol–water partition coefficient (Wildman–Crippen LogP) is 2.78. The van der Waals surface area contributed by atoms with Crippen LogP contribution in [0.3, 0.4) is 0 Å². The Morgan fingerprint density at radius 1 is 1.32 bits per heavy atom. The maximum absolute atomic E-state index is 8.92. The van der Waals surface area contributed by atoms with Gasteiger partial charge < -0.3 is 15.8 Å². The van der Waals surface area contributed by atoms with Crippen LogP contribution in [0.2, 0.25) is 0 Å². The third-order valence-corrected chi connectivity index (χ3v) is 4.90. The quantitative estimate of drug-likeness (QED) is 0.381. The summed E-state index contributed by atoms with van der Waals surface area (Å²) in [6, 6.07) is 5.89. The third kappa shape index (κ3) is 2.31. The molecule has 0 spiro atoms. The van der Waals surface area contributed by atoms with E-state index in [0.29, 0.717) is 0 Å². The van der Waals surface area contributed by atoms with Gasteiger partial charge in [0, 0.05) is 28.8 Å². The third-order valence-electron chi connectivity index (χ3n) is 4.41. The minimum atomic E-state index is 0.180. The molecule has 4 nitrogen and oxygen atoms in total. The van der Waals surface area contributed by atoms with Gasteiger partial charge in [0.25, 0.3) is 0 Å². The molecular formula is C14H18BrN3O. The molecular weight excluding hydrogens is 306 g/mol. The number of hydrogen-bond donors (Lipinski definition) is 2. The molecule has 0 bridgehead atoms. The average molecular weight is 324 g/mol. The van der Waals surface area contributed by atoms with Crippen molar-refractivity contribution in [1.29, 1.82) is 0 Å². The minimum Gasteiger partial charge on any atom is -0.409 e. The molecule has 1 aromatic carbocycles. The lowest BCUT2D eigenvalue weighted by Crippen LogP contribution is -2.25. The van der Waals surface area contributed by atoms with Gasteiger partial charge in [0.2, 0.25) is 0 Å². The van der Waals surface area contributed by atoms with Gasteiger partial charge in [-0.2, -0.15) is 0 Å². The summed E-state index contributed by atoms with van der Waals surface area (Å²) in [5.74, 6) is 1.82. The molecule has 1 aliphatic carbocycles. The molecule has 2 aliphatic rings. The zero-order valence-corrected chi connectivity index (χ0v) is 12.3. The fourth-order valence-corrected chi connectivity index (χ4v) is 3.82. The first-order chi connectivity index (χ1) is 9.19. The lowest BCUT2D eigenvalue weighted by atomic mass is 10.0. The highest BCUT2D eigenvalue weighted by atomic mass is 79.9. The molecule has 1 heterocycles. The summed E-state index contributed by atoms with van der Waals surface area (Å²) in [5, 5.41) is 12.1. The summed E-state index contributed by atoms with van der Waals surface area (Å²) in [7, 11) is 0. The van der Waals surface area contributed by atoms with Crippen molar-refractivity contribution in [2.24, 2.45) is 22.7 Å². The molecule has 2 fully saturated rings. The van der Waals surface area contributed by atoms with Crippen LogP contribution in [0.25, 0.3) is 0 Å². The van der Waals surface area contributed by atoms with Crippen molar-refractivity contribution in [3.05, 3.63) is 28.2 Å². The largest absolute Gasteiger partial charge is 0.409 e. The molecule has 0 aromatic heterocycles. The molecule has 2 unspecified atom stereocenters. The van der Waals surface area contributed by atoms with Gasteiger partial charge in [-0.05, 0) is 42.9 Å². The fraction of sp³-hybridized carbons (Fsp3) is 0.500. The topological polar surface area (TPSA) is 61.9 Å². The van der Waals surface area contributed by atoms with Gasteiger partial charge in [0.05, 0.1) is 0 Å². The smallest absolute Gasteiger partial charge is 0.172 e. The van der Waals surface area contributed by atoms with Crippen molar-refractivity contribution in [3.63, 3.8) is 0 Å². The number of anilines is 1. The van der Waals surface area contributed by atoms with Crippen LogP contribution in [0.1, 0.15) is 24.8 Å². The number of fused-ring (bicyclic) bond motifs is 1. The molecule has 2 atom stereocenters. The van der Waals surface area contributed by atoms with Gasteiger partial charge in [-0.3, -0.25) is 0 Å². The van der Waals surface area contributed by atoms with Crippen LogP contribution < -0.4 is 10.6 Å². The Bertz CT molecular complexity index is 505. The van der Waals surface area contributed by atoms with E-state index in [2.05, 4.69) is 32.1 Å². The predicted molar refractivity (Wildman–Crippen MR) is 79.7 cm³/mol. The Labute approximate surface area is 121 Å². The molecule has 1 saturated heterocycles. The van der Waals surface area contributed by atoms with Gasteiger partial charge in [-0.1, -0.05) is 27.5 Å². The zero-order chi connectivity index (χ0) is 13.4. The van der Waals surface area contributed by atoms with Crippen LogP contribution in [0.15, 0.2) is 27.8 Å². The van der Waals surface area contributed by atoms with E-state index >= 15 is 0 Å². The van der Waals surface area contributed by atoms with E-state index in [1.54, 1.807) is 0 Å². The Kier molecular flexibility index (Phi) is 3.39. The molecule has 5 heteroatoms. The summed E-state index contributed by atoms with van der Waals surface area (Å²) in [4.78, 5) is 2.38. The number of amidine groups is 1. The lowest BCUT2D eigenvalue weighted by Gasteiger charge is -2.22. The van der Waals surface area contributed by atoms with E-state index in [-0.39, 0.29) is 5.84 Å². The van der Waals surface area contributed by atoms with Crippen LogP contribution in [-0.2, 0) is 0 Å². The first-order valence-electron chi connectivity index (χ1n) is 6.71. The lowest BCUT2D eigenvalue weighted by molar-refractivity contribution is 0.318. The maximum atomic E-state index is 8.92. The number of oxime groups is 1. The Balaban J connectivity index is 1.93. The number of rotatable bonds is 2. The van der Waals surface area contributed by atoms with Gasteiger partial charge >= 0.3 is 0 Å². The van der Waals surface area contributed by atoms with Gasteiger partial charge in [0.15, 0.2) is 5.84 Å². The van der Waals surface area contributed by atoms with Gasteiger partial charge in [0.1, 0.15) is 0 Å². The molecule has 1 aromatic rings. The summed E-state index contributed by atoms with van der Waals surface area (Å²) >= 11 is 3.51. The maximum Gasteiger partial charge on any atom is 0.172 e. The monoisotopic (exact) mass is 323 g/mol. The molecule has 3 rings (SSSR count). The van der Waals surface area contributed by atoms with Crippen molar-refractivity contribution in [2.45, 2.75) is 19.3 Å². The summed E-state index contributed by atoms with van der Waals surface area (Å²) in [6.07, 6.45) is 4.05. The van der Waals surface area contributed by atoms with E-state index in [1.165, 1.54) is 19.3 Å². The van der Waals surface area contributed by atoms with Crippen LogP contribution in [0, 0.1) is 11.8 Å². The Morgan fingerprint density at radius 3 is 2.63 bits per heavy atom. The summed E-state index contributed by atoms with van der Waals surface area (Å²) in [6.45, 7) is 2.18. The van der Waals surface area contributed by atoms with Gasteiger partial charge in [-0.15, -0.1) is 0 Å². The highest BCUT2D eigenvalue weighted by Crippen LogP contribution is 2.40. The summed E-state index contributed by atoms with van der Waals surface area (Å²) in [5.41, 5.74) is 7.67. The van der Waals surface area contributed by atoms with E-state index in [4.69, 9.17) is 10.9 Å². The molecule has 19 heavy (non-hydrogen) atoms. The normalized spacial score (nSPS) is 26.8. The molecule has 3 N–H and O–H groups in total. The van der Waals surface area contributed by atoms with Crippen LogP contribution in [0.5, 0.6) is 0 Å². The Hall–Kier alpha value is -1.23. The van der Waals surface area contributed by atoms with Crippen LogP contribution >= 0.6 is 15.9 Å². The number of nitrogens with zero attached hydrogens (tertiary/aromatic N) is 2. The number of nitrogens with two attached hydrogens (primary N) is 1. The second kappa shape index (κ2) is 5.04. The Morgan fingerprint density at radius 2 is 2.00 bits per heavy atom. The van der Waals surface area contributed by atoms with Crippen LogP contribution in [0.4, 0.5) is 5.69 Å². The highest BCUT2D eigenvalue weighted by molar-refractivity contribution is 9.10. The SMILES string of the molecule is N/C(=N/O)c1ccc(Br)cc1N1CC2CCCC2C1. The van der Waals surface area contributed by atoms with E-state index < -0.39 is 0 Å². The molecule has 1 saturated carbocycles. The molecule has 1 aliphatic heterocycles. The van der Waals surface area contributed by atoms with Crippen molar-refractivity contribution >= 4 is 27.5 Å². The van der Waals surface area contributed by atoms with Gasteiger partial charge in [-0.25, -0.2) is 0 Å². The second-order valence-electron chi connectivity index (χ2n) is 5.50. The number of benzene rings is 1. The molecule has 102 valence electrons. The standard InChI is InChI=1S/C14H18BrN3O/c15-11-4-5-12(14(16)17-19)13(6-11)18-7-9-2-1-3-10(9)8-18/h4-6,9-10,19H,1-3,7-8H2,(H2,16,17). The van der Waals surface area contributed by atoms with Crippen molar-refractivity contribution < 1.29 is 5.21 Å². The number of hydrogen-bond acceptors (Lipinski definition) is 3. The second-order valence-corrected chi connectivity index (χ2v) is 6.42. The van der Waals surface area contributed by atoms with Crippen molar-refractivity contribution in [1.82, 2.24) is 0 Å². The van der Waals surface area contributed by atoms with E-state index in [1.807, 2.05) is 12.1 Å². The molecule has 0 amide bonds. The van der Waals surface area contributed by atoms with E-state index in [0.717, 1.165) is 40.6 Å². The number of halogens is 1. The van der Waals surface area contributed by atoms with E-state index in [9.17, 15) is 0 Å². The summed E-state index contributed by atoms with van der Waals surface area (Å²) < 4.78 is 1.02. The van der Waals surface area contributed by atoms with Crippen molar-refractivity contribution in [3.8, 4) is 0 Å². The molecule has 0 radical (unpaired) electrons. The first kappa shape index (κ1) is 12.8. The average Bonchev–Trinajstić information content (AvgIpc) is 2.98. The first-order valence-corrected chi connectivity index (χ1v) is 7.50. The minimum absolute atomic E-state index is 0.180.